The number of carbonyl (C=O) groups is 2. The molecule has 5 rings (SSSR count). The highest BCUT2D eigenvalue weighted by Gasteiger charge is 2.46. The topological polar surface area (TPSA) is 74.8 Å². The van der Waals surface area contributed by atoms with Crippen LogP contribution in [0.15, 0.2) is 42.5 Å². The molecule has 2 aromatic rings. The third-order valence-electron chi connectivity index (χ3n) is 7.68. The molecule has 7 heteroatoms. The Morgan fingerprint density at radius 2 is 1.91 bits per heavy atom. The molecular weight excluding hydrogens is 440 g/mol. The van der Waals surface area contributed by atoms with Crippen molar-refractivity contribution >= 4 is 17.7 Å². The highest BCUT2D eigenvalue weighted by molar-refractivity contribution is 5.82. The molecule has 2 fully saturated rings. The maximum absolute atomic E-state index is 13.5. The average molecular weight is 477 g/mol. The molecule has 0 radical (unpaired) electrons. The smallest absolute Gasteiger partial charge is 0.320 e. The predicted molar refractivity (Wildman–Crippen MR) is 135 cm³/mol. The predicted octanol–water partition coefficient (Wildman–Crippen LogP) is 3.46. The number of rotatable bonds is 7. The van der Waals surface area contributed by atoms with Gasteiger partial charge in [0.15, 0.2) is 0 Å². The standard InChI is InChI=1S/C28H36N4O3/c1-2-35-25(33)19-32-18-24(26(32)21-7-4-3-5-8-21)28(34)31-15-12-20(13-16-31)17-23-11-10-22-9-6-14-29-27(22)30-23/h3-5,7-8,10-11,20,24,26H,2,6,9,12-19H2,1H3,(H,29,30). The minimum atomic E-state index is -0.230. The molecule has 1 N–H and O–H groups in total. The van der Waals surface area contributed by atoms with Crippen LogP contribution in [-0.4, -0.2) is 66.0 Å². The fourth-order valence-electron chi connectivity index (χ4n) is 5.79. The molecule has 2 saturated heterocycles. The van der Waals surface area contributed by atoms with Crippen molar-refractivity contribution in [2.75, 3.05) is 44.6 Å². The second-order valence-electron chi connectivity index (χ2n) is 10.0. The van der Waals surface area contributed by atoms with E-state index in [9.17, 15) is 9.59 Å². The Bertz CT molecular complexity index is 1040. The molecule has 2 atom stereocenters. The van der Waals surface area contributed by atoms with Gasteiger partial charge in [0.1, 0.15) is 5.82 Å². The first-order valence-electron chi connectivity index (χ1n) is 13.1. The van der Waals surface area contributed by atoms with E-state index in [4.69, 9.17) is 9.72 Å². The van der Waals surface area contributed by atoms with Crippen LogP contribution in [0.25, 0.3) is 0 Å². The van der Waals surface area contributed by atoms with Crippen molar-refractivity contribution in [2.24, 2.45) is 11.8 Å². The van der Waals surface area contributed by atoms with Crippen molar-refractivity contribution in [2.45, 2.75) is 45.1 Å². The molecule has 7 nitrogen and oxygen atoms in total. The number of nitrogens with one attached hydrogen (secondary N) is 1. The van der Waals surface area contributed by atoms with E-state index in [-0.39, 0.29) is 30.4 Å². The lowest BCUT2D eigenvalue weighted by Gasteiger charge is -2.49. The van der Waals surface area contributed by atoms with Gasteiger partial charge in [-0.3, -0.25) is 14.5 Å². The minimum Gasteiger partial charge on any atom is -0.465 e. The molecule has 1 amide bonds. The summed E-state index contributed by atoms with van der Waals surface area (Å²) in [7, 11) is 0. The van der Waals surface area contributed by atoms with Crippen LogP contribution in [0.3, 0.4) is 0 Å². The molecule has 3 aliphatic heterocycles. The van der Waals surface area contributed by atoms with Gasteiger partial charge in [-0.15, -0.1) is 0 Å². The van der Waals surface area contributed by atoms with Crippen molar-refractivity contribution in [3.05, 3.63) is 59.3 Å². The van der Waals surface area contributed by atoms with Crippen LogP contribution >= 0.6 is 0 Å². The molecule has 186 valence electrons. The number of amides is 1. The third kappa shape index (κ3) is 5.35. The summed E-state index contributed by atoms with van der Waals surface area (Å²) in [5, 5.41) is 3.43. The Morgan fingerprint density at radius 3 is 2.69 bits per heavy atom. The Hall–Kier alpha value is -2.93. The second kappa shape index (κ2) is 10.8. The maximum atomic E-state index is 13.5. The number of benzene rings is 1. The molecule has 0 saturated carbocycles. The number of hydrogen-bond acceptors (Lipinski definition) is 6. The van der Waals surface area contributed by atoms with E-state index in [0.717, 1.165) is 62.4 Å². The lowest BCUT2D eigenvalue weighted by molar-refractivity contribution is -0.156. The van der Waals surface area contributed by atoms with E-state index in [1.807, 2.05) is 30.0 Å². The number of nitrogens with zero attached hydrogens (tertiary/aromatic N) is 3. The van der Waals surface area contributed by atoms with Crippen LogP contribution in [0.5, 0.6) is 0 Å². The van der Waals surface area contributed by atoms with Gasteiger partial charge in [-0.25, -0.2) is 4.98 Å². The fourth-order valence-corrected chi connectivity index (χ4v) is 5.79. The summed E-state index contributed by atoms with van der Waals surface area (Å²) in [4.78, 5) is 34.6. The van der Waals surface area contributed by atoms with Gasteiger partial charge in [0.25, 0.3) is 0 Å². The zero-order valence-electron chi connectivity index (χ0n) is 20.6. The van der Waals surface area contributed by atoms with E-state index in [2.05, 4.69) is 34.5 Å². The molecule has 4 heterocycles. The molecule has 1 aromatic carbocycles. The van der Waals surface area contributed by atoms with Crippen molar-refractivity contribution in [3.8, 4) is 0 Å². The monoisotopic (exact) mass is 476 g/mol. The van der Waals surface area contributed by atoms with E-state index >= 15 is 0 Å². The van der Waals surface area contributed by atoms with Crippen molar-refractivity contribution < 1.29 is 14.3 Å². The molecule has 35 heavy (non-hydrogen) atoms. The summed E-state index contributed by atoms with van der Waals surface area (Å²) in [6, 6.07) is 14.4. The molecule has 1 aromatic heterocycles. The summed E-state index contributed by atoms with van der Waals surface area (Å²) in [6.45, 7) is 5.61. The van der Waals surface area contributed by atoms with Crippen LogP contribution in [0, 0.1) is 11.8 Å². The first-order valence-corrected chi connectivity index (χ1v) is 13.1. The van der Waals surface area contributed by atoms with Crippen LogP contribution in [0.1, 0.15) is 49.0 Å². The Morgan fingerprint density at radius 1 is 1.11 bits per heavy atom. The summed E-state index contributed by atoms with van der Waals surface area (Å²) in [5.41, 5.74) is 3.56. The largest absolute Gasteiger partial charge is 0.465 e. The number of fused-ring (bicyclic) bond motifs is 1. The Labute approximate surface area is 207 Å². The van der Waals surface area contributed by atoms with E-state index in [0.29, 0.717) is 19.1 Å². The number of esters is 1. The van der Waals surface area contributed by atoms with Gasteiger partial charge < -0.3 is 15.0 Å². The van der Waals surface area contributed by atoms with Crippen LogP contribution < -0.4 is 5.32 Å². The summed E-state index contributed by atoms with van der Waals surface area (Å²) < 4.78 is 5.15. The SMILES string of the molecule is CCOC(=O)CN1CC(C(=O)N2CCC(Cc3ccc4c(n3)NCCC4)CC2)C1c1ccccc1. The normalized spacial score (nSPS) is 22.6. The van der Waals surface area contributed by atoms with Gasteiger partial charge in [-0.2, -0.15) is 0 Å². The van der Waals surface area contributed by atoms with Gasteiger partial charge >= 0.3 is 5.97 Å². The number of carbonyl (C=O) groups excluding carboxylic acids is 2. The molecular formula is C28H36N4O3. The third-order valence-corrected chi connectivity index (χ3v) is 7.68. The fraction of sp³-hybridized carbons (Fsp3) is 0.536. The van der Waals surface area contributed by atoms with Crippen LogP contribution in [0.4, 0.5) is 5.82 Å². The number of aryl methyl sites for hydroxylation is 1. The van der Waals surface area contributed by atoms with Gasteiger partial charge in [0.2, 0.25) is 5.91 Å². The van der Waals surface area contributed by atoms with Crippen LogP contribution in [0.2, 0.25) is 0 Å². The number of anilines is 1. The first kappa shape index (κ1) is 23.8. The van der Waals surface area contributed by atoms with Crippen molar-refractivity contribution in [1.29, 1.82) is 0 Å². The molecule has 0 spiro atoms. The number of ether oxygens (including phenoxy) is 1. The maximum Gasteiger partial charge on any atom is 0.320 e. The highest BCUT2D eigenvalue weighted by atomic mass is 16.5. The summed E-state index contributed by atoms with van der Waals surface area (Å²) in [5.74, 6) is 1.49. The zero-order valence-corrected chi connectivity index (χ0v) is 20.6. The van der Waals surface area contributed by atoms with E-state index < -0.39 is 0 Å². The van der Waals surface area contributed by atoms with E-state index in [1.54, 1.807) is 0 Å². The van der Waals surface area contributed by atoms with Gasteiger partial charge in [-0.1, -0.05) is 36.4 Å². The minimum absolute atomic E-state index is 0.0713. The van der Waals surface area contributed by atoms with Gasteiger partial charge in [0, 0.05) is 37.9 Å². The quantitative estimate of drug-likeness (QED) is 0.617. The van der Waals surface area contributed by atoms with Gasteiger partial charge in [0.05, 0.1) is 19.1 Å². The first-order chi connectivity index (χ1) is 17.1. The lowest BCUT2D eigenvalue weighted by atomic mass is 9.81. The highest BCUT2D eigenvalue weighted by Crippen LogP contribution is 2.40. The lowest BCUT2D eigenvalue weighted by Crippen LogP contribution is -2.58. The Kier molecular flexibility index (Phi) is 7.32. The summed E-state index contributed by atoms with van der Waals surface area (Å²) >= 11 is 0. The molecule has 2 unspecified atom stereocenters. The second-order valence-corrected chi connectivity index (χ2v) is 10.0. The number of aromatic nitrogens is 1. The number of pyridine rings is 1. The van der Waals surface area contributed by atoms with Gasteiger partial charge in [-0.05, 0) is 62.1 Å². The summed E-state index contributed by atoms with van der Waals surface area (Å²) in [6.07, 6.45) is 5.27. The molecule has 0 bridgehead atoms. The number of likely N-dealkylation sites (tertiary alicyclic amines) is 2. The van der Waals surface area contributed by atoms with Crippen LogP contribution in [-0.2, 0) is 27.2 Å². The molecule has 0 aliphatic carbocycles. The van der Waals surface area contributed by atoms with E-state index in [1.165, 1.54) is 12.0 Å². The Balaban J connectivity index is 1.18. The zero-order chi connectivity index (χ0) is 24.2. The number of piperidine rings is 1. The van der Waals surface area contributed by atoms with Crippen molar-refractivity contribution in [3.63, 3.8) is 0 Å². The molecule has 3 aliphatic rings. The number of hydrogen-bond donors (Lipinski definition) is 1. The van der Waals surface area contributed by atoms with Crippen molar-refractivity contribution in [1.82, 2.24) is 14.8 Å². The average Bonchev–Trinajstić information content (AvgIpc) is 2.87.